The summed E-state index contributed by atoms with van der Waals surface area (Å²) in [5.74, 6) is 0.629. The Hall–Kier alpha value is 0.380. The second-order valence-electron chi connectivity index (χ2n) is 6.37. The Morgan fingerprint density at radius 1 is 1.05 bits per heavy atom. The molecular weight excluding hydrogens is 327 g/mol. The summed E-state index contributed by atoms with van der Waals surface area (Å²) in [5.41, 5.74) is 6.10. The Balaban J connectivity index is 0.00000220. The monoisotopic (exact) mass is 358 g/mol. The first-order valence-electron chi connectivity index (χ1n) is 8.08. The lowest BCUT2D eigenvalue weighted by Gasteiger charge is -2.33. The Morgan fingerprint density at radius 2 is 1.64 bits per heavy atom. The molecule has 0 aromatic heterocycles. The van der Waals surface area contributed by atoms with Crippen LogP contribution in [0.1, 0.15) is 38.5 Å². The molecule has 1 heterocycles. The van der Waals surface area contributed by atoms with Crippen LogP contribution in [-0.2, 0) is 4.74 Å². The summed E-state index contributed by atoms with van der Waals surface area (Å²) in [4.78, 5) is 2.13. The minimum atomic E-state index is -0.820. The van der Waals surface area contributed by atoms with Crippen molar-refractivity contribution >= 4 is 24.8 Å². The minimum absolute atomic E-state index is 0. The van der Waals surface area contributed by atoms with Gasteiger partial charge in [-0.3, -0.25) is 4.90 Å². The second kappa shape index (κ2) is 11.8. The molecule has 2 fully saturated rings. The first-order valence-corrected chi connectivity index (χ1v) is 8.08. The Morgan fingerprint density at radius 3 is 2.23 bits per heavy atom. The first-order chi connectivity index (χ1) is 9.66. The van der Waals surface area contributed by atoms with Crippen LogP contribution in [-0.4, -0.2) is 66.2 Å². The largest absolute Gasteiger partial charge is 0.389 e. The Labute approximate surface area is 146 Å². The van der Waals surface area contributed by atoms with Gasteiger partial charge in [0.15, 0.2) is 0 Å². The number of ether oxygens (including phenoxy) is 1. The molecule has 1 saturated heterocycles. The molecular formula is C15H32Cl2N2O3. The van der Waals surface area contributed by atoms with Crippen LogP contribution in [0.2, 0.25) is 0 Å². The third-order valence-corrected chi connectivity index (χ3v) is 4.71. The van der Waals surface area contributed by atoms with Gasteiger partial charge in [-0.05, 0) is 12.3 Å². The van der Waals surface area contributed by atoms with E-state index >= 15 is 0 Å². The van der Waals surface area contributed by atoms with Crippen molar-refractivity contribution in [1.82, 2.24) is 4.90 Å². The van der Waals surface area contributed by atoms with Crippen molar-refractivity contribution in [2.75, 3.05) is 32.8 Å². The molecule has 1 aliphatic heterocycles. The van der Waals surface area contributed by atoms with Gasteiger partial charge >= 0.3 is 0 Å². The third-order valence-electron chi connectivity index (χ3n) is 4.71. The van der Waals surface area contributed by atoms with Crippen LogP contribution in [0.25, 0.3) is 0 Å². The summed E-state index contributed by atoms with van der Waals surface area (Å²) in [5, 5.41) is 20.4. The number of halogens is 2. The number of nitrogens with zero attached hydrogens (tertiary/aromatic N) is 1. The van der Waals surface area contributed by atoms with Crippen LogP contribution < -0.4 is 5.73 Å². The summed E-state index contributed by atoms with van der Waals surface area (Å²) in [6.45, 7) is 3.54. The van der Waals surface area contributed by atoms with Crippen molar-refractivity contribution in [2.45, 2.75) is 56.8 Å². The molecule has 3 unspecified atom stereocenters. The standard InChI is InChI=1S/C15H30N2O3.2ClH/c16-13(10-12-4-2-1-3-5-12)15(19)14(18)11-17-6-8-20-9-7-17;;/h12-15,18-19H,1-11,16H2;2*1H. The van der Waals surface area contributed by atoms with Gasteiger partial charge in [-0.1, -0.05) is 32.1 Å². The fraction of sp³-hybridized carbons (Fsp3) is 1.00. The van der Waals surface area contributed by atoms with Crippen molar-refractivity contribution in [3.63, 3.8) is 0 Å². The highest BCUT2D eigenvalue weighted by Crippen LogP contribution is 2.27. The molecule has 4 N–H and O–H groups in total. The van der Waals surface area contributed by atoms with Gasteiger partial charge in [0.25, 0.3) is 0 Å². The maximum absolute atomic E-state index is 10.2. The van der Waals surface area contributed by atoms with E-state index < -0.39 is 12.2 Å². The van der Waals surface area contributed by atoms with Gasteiger partial charge in [0.05, 0.1) is 25.4 Å². The van der Waals surface area contributed by atoms with Gasteiger partial charge in [-0.15, -0.1) is 24.8 Å². The number of β-amino-alcohol motifs (C(OH)–C–C–N with tert-alkyl or cyclic N) is 1. The molecule has 0 amide bonds. The van der Waals surface area contributed by atoms with Crippen molar-refractivity contribution < 1.29 is 14.9 Å². The fourth-order valence-electron chi connectivity index (χ4n) is 3.39. The number of hydrogen-bond acceptors (Lipinski definition) is 5. The summed E-state index contributed by atoms with van der Waals surface area (Å²) in [6.07, 6.45) is 5.59. The summed E-state index contributed by atoms with van der Waals surface area (Å²) >= 11 is 0. The molecule has 0 aromatic carbocycles. The quantitative estimate of drug-likeness (QED) is 0.664. The normalized spacial score (nSPS) is 24.7. The van der Waals surface area contributed by atoms with Crippen LogP contribution in [0.5, 0.6) is 0 Å². The number of morpholine rings is 1. The van der Waals surface area contributed by atoms with E-state index in [1.165, 1.54) is 32.1 Å². The number of hydrogen-bond donors (Lipinski definition) is 3. The average Bonchev–Trinajstić information content (AvgIpc) is 2.48. The van der Waals surface area contributed by atoms with Crippen molar-refractivity contribution in [1.29, 1.82) is 0 Å². The molecule has 22 heavy (non-hydrogen) atoms. The smallest absolute Gasteiger partial charge is 0.0962 e. The van der Waals surface area contributed by atoms with Crippen molar-refractivity contribution in [3.05, 3.63) is 0 Å². The Kier molecular flexibility index (Phi) is 12.0. The highest BCUT2D eigenvalue weighted by molar-refractivity contribution is 5.85. The van der Waals surface area contributed by atoms with E-state index in [2.05, 4.69) is 4.90 Å². The van der Waals surface area contributed by atoms with E-state index in [-0.39, 0.29) is 30.9 Å². The van der Waals surface area contributed by atoms with Gasteiger partial charge in [0.2, 0.25) is 0 Å². The van der Waals surface area contributed by atoms with Gasteiger partial charge < -0.3 is 20.7 Å². The number of aliphatic hydroxyl groups excluding tert-OH is 2. The molecule has 1 aliphatic carbocycles. The molecule has 2 rings (SSSR count). The van der Waals surface area contributed by atoms with Crippen LogP contribution in [0.3, 0.4) is 0 Å². The molecule has 0 radical (unpaired) electrons. The number of rotatable bonds is 6. The molecule has 1 saturated carbocycles. The van der Waals surface area contributed by atoms with E-state index in [1.54, 1.807) is 0 Å². The zero-order valence-corrected chi connectivity index (χ0v) is 14.9. The fourth-order valence-corrected chi connectivity index (χ4v) is 3.39. The van der Waals surface area contributed by atoms with Gasteiger partial charge in [0.1, 0.15) is 0 Å². The van der Waals surface area contributed by atoms with Crippen molar-refractivity contribution in [3.8, 4) is 0 Å². The average molecular weight is 359 g/mol. The predicted molar refractivity (Wildman–Crippen MR) is 92.9 cm³/mol. The topological polar surface area (TPSA) is 79.0 Å². The SMILES string of the molecule is Cl.Cl.NC(CC1CCCCC1)C(O)C(O)CN1CCOCC1. The molecule has 134 valence electrons. The molecule has 2 aliphatic rings. The van der Waals surface area contributed by atoms with E-state index in [4.69, 9.17) is 10.5 Å². The molecule has 0 spiro atoms. The predicted octanol–water partition coefficient (Wildman–Crippen LogP) is 1.18. The minimum Gasteiger partial charge on any atom is -0.389 e. The van der Waals surface area contributed by atoms with E-state index in [1.807, 2.05) is 0 Å². The van der Waals surface area contributed by atoms with E-state index in [9.17, 15) is 10.2 Å². The molecule has 3 atom stereocenters. The lowest BCUT2D eigenvalue weighted by atomic mass is 9.83. The maximum atomic E-state index is 10.2. The van der Waals surface area contributed by atoms with Gasteiger partial charge in [-0.25, -0.2) is 0 Å². The van der Waals surface area contributed by atoms with Crippen LogP contribution in [0, 0.1) is 5.92 Å². The summed E-state index contributed by atoms with van der Waals surface area (Å²) in [7, 11) is 0. The summed E-state index contributed by atoms with van der Waals surface area (Å²) < 4.78 is 5.28. The molecule has 0 aromatic rings. The first kappa shape index (κ1) is 22.4. The highest BCUT2D eigenvalue weighted by Gasteiger charge is 2.28. The molecule has 7 heteroatoms. The molecule has 0 bridgehead atoms. The van der Waals surface area contributed by atoms with Crippen LogP contribution in [0.4, 0.5) is 0 Å². The summed E-state index contributed by atoms with van der Waals surface area (Å²) in [6, 6.07) is -0.311. The third kappa shape index (κ3) is 7.30. The lowest BCUT2D eigenvalue weighted by Crippen LogP contribution is -2.50. The van der Waals surface area contributed by atoms with E-state index in [0.29, 0.717) is 25.7 Å². The van der Waals surface area contributed by atoms with Crippen molar-refractivity contribution in [2.24, 2.45) is 11.7 Å². The zero-order chi connectivity index (χ0) is 14.4. The molecule has 5 nitrogen and oxygen atoms in total. The van der Waals surface area contributed by atoms with E-state index in [0.717, 1.165) is 19.5 Å². The highest BCUT2D eigenvalue weighted by atomic mass is 35.5. The lowest BCUT2D eigenvalue weighted by molar-refractivity contribution is -0.0390. The van der Waals surface area contributed by atoms with Crippen LogP contribution in [0.15, 0.2) is 0 Å². The Bertz CT molecular complexity index is 250. The number of nitrogens with two attached hydrogens (primary N) is 1. The van der Waals surface area contributed by atoms with Gasteiger partial charge in [0, 0.05) is 25.7 Å². The zero-order valence-electron chi connectivity index (χ0n) is 13.2. The van der Waals surface area contributed by atoms with Gasteiger partial charge in [-0.2, -0.15) is 0 Å². The van der Waals surface area contributed by atoms with Crippen LogP contribution >= 0.6 is 24.8 Å². The maximum Gasteiger partial charge on any atom is 0.0962 e. The second-order valence-corrected chi connectivity index (χ2v) is 6.37. The number of aliphatic hydroxyl groups is 2.